The summed E-state index contributed by atoms with van der Waals surface area (Å²) in [5.41, 5.74) is 0.350. The van der Waals surface area contributed by atoms with Crippen LogP contribution in [0.3, 0.4) is 0 Å². The van der Waals surface area contributed by atoms with E-state index in [0.29, 0.717) is 23.2 Å². The van der Waals surface area contributed by atoms with E-state index in [2.05, 4.69) is 10.1 Å². The summed E-state index contributed by atoms with van der Waals surface area (Å²) in [5.74, 6) is 1.86. The van der Waals surface area contributed by atoms with E-state index in [-0.39, 0.29) is 12.5 Å². The maximum atomic E-state index is 12.8. The molecule has 7 nitrogen and oxygen atoms in total. The Hall–Kier alpha value is -2.54. The first-order chi connectivity index (χ1) is 13.2. The highest BCUT2D eigenvalue weighted by Crippen LogP contribution is 2.23. The lowest BCUT2D eigenvalue weighted by molar-refractivity contribution is 0.0365. The number of benzene rings is 1. The third-order valence-electron chi connectivity index (χ3n) is 5.32. The average molecular weight is 371 g/mol. The number of hydrogen-bond donors (Lipinski definition) is 0. The van der Waals surface area contributed by atoms with Gasteiger partial charge in [-0.2, -0.15) is 0 Å². The molecule has 2 aliphatic rings. The lowest BCUT2D eigenvalue weighted by Gasteiger charge is -2.43. The van der Waals surface area contributed by atoms with E-state index in [9.17, 15) is 4.79 Å². The first-order valence-corrected chi connectivity index (χ1v) is 9.49. The summed E-state index contributed by atoms with van der Waals surface area (Å²) in [7, 11) is 1.61. The monoisotopic (exact) mass is 371 g/mol. The number of piperazine rings is 1. The van der Waals surface area contributed by atoms with Crippen LogP contribution in [0.1, 0.15) is 35.5 Å². The van der Waals surface area contributed by atoms with E-state index >= 15 is 0 Å². The molecule has 2 saturated heterocycles. The molecule has 0 unspecified atom stereocenters. The number of aromatic nitrogens is 1. The molecule has 1 aromatic carbocycles. The molecule has 27 heavy (non-hydrogen) atoms. The Bertz CT molecular complexity index is 791. The third kappa shape index (κ3) is 4.08. The fourth-order valence-electron chi connectivity index (χ4n) is 3.83. The van der Waals surface area contributed by atoms with E-state index in [4.69, 9.17) is 14.0 Å². The van der Waals surface area contributed by atoms with Gasteiger partial charge in [-0.05, 0) is 31.5 Å². The fourth-order valence-corrected chi connectivity index (χ4v) is 3.83. The molecule has 0 N–H and O–H groups in total. The van der Waals surface area contributed by atoms with E-state index in [1.54, 1.807) is 19.2 Å². The molecular weight excluding hydrogens is 346 g/mol. The van der Waals surface area contributed by atoms with Crippen molar-refractivity contribution in [2.75, 3.05) is 33.3 Å². The van der Waals surface area contributed by atoms with Crippen molar-refractivity contribution < 1.29 is 18.8 Å². The number of nitrogens with zero attached hydrogens (tertiary/aromatic N) is 3. The summed E-state index contributed by atoms with van der Waals surface area (Å²) in [5, 5.41) is 3.96. The zero-order valence-corrected chi connectivity index (χ0v) is 15.6. The fraction of sp³-hybridized carbons (Fsp3) is 0.500. The van der Waals surface area contributed by atoms with Gasteiger partial charge in [-0.15, -0.1) is 0 Å². The number of methoxy groups -OCH3 is 1. The predicted octanol–water partition coefficient (Wildman–Crippen LogP) is 2.57. The number of amides is 1. The van der Waals surface area contributed by atoms with Crippen molar-refractivity contribution in [1.82, 2.24) is 15.0 Å². The Labute approximate surface area is 158 Å². The van der Waals surface area contributed by atoms with Gasteiger partial charge in [0.1, 0.15) is 18.1 Å². The van der Waals surface area contributed by atoms with Crippen molar-refractivity contribution in [3.8, 4) is 11.5 Å². The van der Waals surface area contributed by atoms with Crippen molar-refractivity contribution in [3.05, 3.63) is 41.8 Å². The van der Waals surface area contributed by atoms with Gasteiger partial charge in [-0.25, -0.2) is 0 Å². The highest BCUT2D eigenvalue weighted by atomic mass is 16.5. The van der Waals surface area contributed by atoms with Gasteiger partial charge in [0.15, 0.2) is 11.5 Å². The minimum absolute atomic E-state index is 0.0587. The summed E-state index contributed by atoms with van der Waals surface area (Å²) >= 11 is 0. The van der Waals surface area contributed by atoms with Gasteiger partial charge in [-0.1, -0.05) is 17.6 Å². The Balaban J connectivity index is 1.35. The molecule has 2 fully saturated rings. The maximum Gasteiger partial charge on any atom is 0.276 e. The van der Waals surface area contributed by atoms with Gasteiger partial charge in [0.05, 0.1) is 7.11 Å². The molecule has 1 atom stereocenters. The standard InChI is InChI=1S/C20H25N3O4/c1-25-16-6-4-7-17(11-16)26-14-18-12-19(21-27-18)20(24)23-10-9-22-8-3-2-5-15(22)13-23/h4,6-7,11-12,15H,2-3,5,8-10,13-14H2,1H3/t15-/m0/s1. The Morgan fingerprint density at radius 1 is 1.22 bits per heavy atom. The second-order valence-corrected chi connectivity index (χ2v) is 7.08. The first kappa shape index (κ1) is 17.9. The highest BCUT2D eigenvalue weighted by molar-refractivity contribution is 5.92. The van der Waals surface area contributed by atoms with Crippen molar-refractivity contribution in [1.29, 1.82) is 0 Å². The molecule has 0 bridgehead atoms. The largest absolute Gasteiger partial charge is 0.497 e. The average Bonchev–Trinajstić information content (AvgIpc) is 3.20. The van der Waals surface area contributed by atoms with Crippen LogP contribution in [-0.2, 0) is 6.61 Å². The van der Waals surface area contributed by atoms with Crippen LogP contribution in [0.4, 0.5) is 0 Å². The number of rotatable bonds is 5. The normalized spacial score (nSPS) is 20.2. The van der Waals surface area contributed by atoms with Gasteiger partial charge in [0.25, 0.3) is 5.91 Å². The summed E-state index contributed by atoms with van der Waals surface area (Å²) in [6.45, 7) is 3.84. The Morgan fingerprint density at radius 2 is 2.11 bits per heavy atom. The van der Waals surface area contributed by atoms with Crippen LogP contribution in [0.15, 0.2) is 34.9 Å². The topological polar surface area (TPSA) is 68.0 Å². The molecule has 144 valence electrons. The molecule has 0 saturated carbocycles. The van der Waals surface area contributed by atoms with Crippen LogP contribution in [-0.4, -0.2) is 60.2 Å². The van der Waals surface area contributed by atoms with Crippen molar-refractivity contribution in [2.45, 2.75) is 31.9 Å². The molecule has 2 aliphatic heterocycles. The molecule has 3 heterocycles. The summed E-state index contributed by atoms with van der Waals surface area (Å²) in [6.07, 6.45) is 3.69. The van der Waals surface area contributed by atoms with Gasteiger partial charge in [-0.3, -0.25) is 9.69 Å². The quantitative estimate of drug-likeness (QED) is 0.805. The van der Waals surface area contributed by atoms with Crippen molar-refractivity contribution in [3.63, 3.8) is 0 Å². The van der Waals surface area contributed by atoms with E-state index < -0.39 is 0 Å². The number of hydrogen-bond acceptors (Lipinski definition) is 6. The third-order valence-corrected chi connectivity index (χ3v) is 5.32. The second-order valence-electron chi connectivity index (χ2n) is 7.08. The van der Waals surface area contributed by atoms with Crippen LogP contribution in [0.25, 0.3) is 0 Å². The Kier molecular flexibility index (Phi) is 5.29. The molecule has 0 radical (unpaired) electrons. The SMILES string of the molecule is COc1cccc(OCc2cc(C(=O)N3CCN4CCCC[C@H]4C3)no2)c1. The number of carbonyl (C=O) groups is 1. The van der Waals surface area contributed by atoms with Crippen LogP contribution in [0.5, 0.6) is 11.5 Å². The minimum atomic E-state index is -0.0587. The van der Waals surface area contributed by atoms with Gasteiger partial charge in [0, 0.05) is 37.8 Å². The molecule has 0 aliphatic carbocycles. The van der Waals surface area contributed by atoms with Crippen LogP contribution in [0, 0.1) is 0 Å². The van der Waals surface area contributed by atoms with Crippen LogP contribution in [0.2, 0.25) is 0 Å². The van der Waals surface area contributed by atoms with Gasteiger partial charge < -0.3 is 18.9 Å². The van der Waals surface area contributed by atoms with Crippen LogP contribution >= 0.6 is 0 Å². The maximum absolute atomic E-state index is 12.8. The second kappa shape index (κ2) is 8.00. The molecular formula is C20H25N3O4. The van der Waals surface area contributed by atoms with E-state index in [1.165, 1.54) is 19.3 Å². The molecule has 0 spiro atoms. The summed E-state index contributed by atoms with van der Waals surface area (Å²) < 4.78 is 16.2. The molecule has 1 aromatic heterocycles. The number of ether oxygens (including phenoxy) is 2. The zero-order valence-electron chi connectivity index (χ0n) is 15.6. The van der Waals surface area contributed by atoms with Crippen molar-refractivity contribution in [2.24, 2.45) is 0 Å². The van der Waals surface area contributed by atoms with Crippen LogP contribution < -0.4 is 9.47 Å². The summed E-state index contributed by atoms with van der Waals surface area (Å²) in [6, 6.07) is 9.51. The minimum Gasteiger partial charge on any atom is -0.497 e. The lowest BCUT2D eigenvalue weighted by atomic mass is 9.99. The molecule has 4 rings (SSSR count). The lowest BCUT2D eigenvalue weighted by Crippen LogP contribution is -2.56. The predicted molar refractivity (Wildman–Crippen MR) is 98.9 cm³/mol. The number of fused-ring (bicyclic) bond motifs is 1. The smallest absolute Gasteiger partial charge is 0.276 e. The van der Waals surface area contributed by atoms with E-state index in [0.717, 1.165) is 31.9 Å². The molecule has 1 amide bonds. The first-order valence-electron chi connectivity index (χ1n) is 9.49. The van der Waals surface area contributed by atoms with Crippen molar-refractivity contribution >= 4 is 5.91 Å². The highest BCUT2D eigenvalue weighted by Gasteiger charge is 2.32. The molecule has 7 heteroatoms. The van der Waals surface area contributed by atoms with Gasteiger partial charge >= 0.3 is 0 Å². The molecule has 2 aromatic rings. The number of carbonyl (C=O) groups excluding carboxylic acids is 1. The number of piperidine rings is 1. The summed E-state index contributed by atoms with van der Waals surface area (Å²) in [4.78, 5) is 17.2. The Morgan fingerprint density at radius 3 is 3.00 bits per heavy atom. The van der Waals surface area contributed by atoms with E-state index in [1.807, 2.05) is 23.1 Å². The van der Waals surface area contributed by atoms with Gasteiger partial charge in [0.2, 0.25) is 0 Å². The zero-order chi connectivity index (χ0) is 18.6.